The van der Waals surface area contributed by atoms with E-state index in [4.69, 9.17) is 17.3 Å². The Bertz CT molecular complexity index is 558. The third-order valence-electron chi connectivity index (χ3n) is 2.40. The first-order valence-corrected chi connectivity index (χ1v) is 5.56. The number of rotatable bonds is 3. The maximum Gasteiger partial charge on any atom is 0.254 e. The van der Waals surface area contributed by atoms with Crippen LogP contribution in [0.3, 0.4) is 0 Å². The normalized spacial score (nSPS) is 9.61. The molecular formula is C13H12Cl2N2O. The zero-order valence-corrected chi connectivity index (χ0v) is 11.0. The van der Waals surface area contributed by atoms with Gasteiger partial charge in [0.2, 0.25) is 0 Å². The highest BCUT2D eigenvalue weighted by Crippen LogP contribution is 2.10. The number of primary amides is 1. The second-order valence-electron chi connectivity index (χ2n) is 3.76. The Morgan fingerprint density at radius 1 is 1.28 bits per heavy atom. The molecule has 5 heteroatoms. The number of nitrogens with two attached hydrogens (primary N) is 1. The summed E-state index contributed by atoms with van der Waals surface area (Å²) in [5.74, 6) is -0.426. The van der Waals surface area contributed by atoms with Crippen molar-refractivity contribution in [1.82, 2.24) is 0 Å². The molecule has 0 spiro atoms. The van der Waals surface area contributed by atoms with Crippen LogP contribution in [0.4, 0.5) is 0 Å². The molecule has 0 saturated heterocycles. The molecule has 0 bridgehead atoms. The van der Waals surface area contributed by atoms with Crippen LogP contribution >= 0.6 is 11.6 Å². The highest BCUT2D eigenvalue weighted by atomic mass is 35.5. The van der Waals surface area contributed by atoms with Crippen molar-refractivity contribution >= 4 is 17.5 Å². The first-order chi connectivity index (χ1) is 8.15. The number of nitrogens with zero attached hydrogens (tertiary/aromatic N) is 1. The van der Waals surface area contributed by atoms with Gasteiger partial charge in [-0.3, -0.25) is 4.79 Å². The lowest BCUT2D eigenvalue weighted by molar-refractivity contribution is -0.688. The van der Waals surface area contributed by atoms with Gasteiger partial charge in [0, 0.05) is 16.7 Å². The largest absolute Gasteiger partial charge is 1.00 e. The van der Waals surface area contributed by atoms with Crippen molar-refractivity contribution in [2.75, 3.05) is 0 Å². The number of amides is 1. The molecule has 18 heavy (non-hydrogen) atoms. The molecule has 2 N–H and O–H groups in total. The van der Waals surface area contributed by atoms with E-state index in [1.807, 2.05) is 35.0 Å². The lowest BCUT2D eigenvalue weighted by Crippen LogP contribution is -3.00. The molecule has 1 aromatic heterocycles. The van der Waals surface area contributed by atoms with Crippen molar-refractivity contribution in [3.05, 3.63) is 64.9 Å². The average molecular weight is 283 g/mol. The summed E-state index contributed by atoms with van der Waals surface area (Å²) in [6, 6.07) is 11.1. The van der Waals surface area contributed by atoms with E-state index < -0.39 is 5.91 Å². The summed E-state index contributed by atoms with van der Waals surface area (Å²) in [5, 5.41) is 0.703. The summed E-state index contributed by atoms with van der Waals surface area (Å²) < 4.78 is 1.89. The van der Waals surface area contributed by atoms with Crippen molar-refractivity contribution in [3.63, 3.8) is 0 Å². The molecule has 3 nitrogen and oxygen atoms in total. The molecule has 0 aliphatic rings. The fourth-order valence-electron chi connectivity index (χ4n) is 1.61. The van der Waals surface area contributed by atoms with E-state index in [0.717, 1.165) is 5.56 Å². The van der Waals surface area contributed by atoms with Gasteiger partial charge in [-0.15, -0.1) is 0 Å². The number of carbonyl (C=O) groups is 1. The molecule has 0 aliphatic carbocycles. The molecule has 94 valence electrons. The molecule has 1 aromatic carbocycles. The van der Waals surface area contributed by atoms with E-state index >= 15 is 0 Å². The standard InChI is InChI=1S/C13H11ClN2O.ClH/c14-12-5-1-3-10(7-12)8-16-6-2-4-11(9-16)13(15)17;/h1-7,9H,8H2,(H-,15,17);1H. The van der Waals surface area contributed by atoms with Gasteiger partial charge in [-0.1, -0.05) is 23.7 Å². The number of carbonyl (C=O) groups excluding carboxylic acids is 1. The molecule has 0 saturated carbocycles. The van der Waals surface area contributed by atoms with Gasteiger partial charge in [-0.2, -0.15) is 4.57 Å². The second kappa shape index (κ2) is 6.38. The third kappa shape index (κ3) is 3.72. The molecule has 0 fully saturated rings. The van der Waals surface area contributed by atoms with Crippen molar-refractivity contribution in [3.8, 4) is 0 Å². The number of hydrogen-bond donors (Lipinski definition) is 1. The number of hydrogen-bond acceptors (Lipinski definition) is 1. The first-order valence-electron chi connectivity index (χ1n) is 5.18. The van der Waals surface area contributed by atoms with E-state index in [9.17, 15) is 4.79 Å². The Hall–Kier alpha value is -1.58. The summed E-state index contributed by atoms with van der Waals surface area (Å²) in [4.78, 5) is 11.0. The Morgan fingerprint density at radius 2 is 2.06 bits per heavy atom. The molecule has 0 radical (unpaired) electrons. The summed E-state index contributed by atoms with van der Waals surface area (Å²) >= 11 is 5.91. The SMILES string of the molecule is NC(=O)c1ccc[n+](Cc2cccc(Cl)c2)c1.[Cl-]. The quantitative estimate of drug-likeness (QED) is 0.705. The highest BCUT2D eigenvalue weighted by Gasteiger charge is 2.07. The highest BCUT2D eigenvalue weighted by molar-refractivity contribution is 6.30. The molecule has 1 heterocycles. The van der Waals surface area contributed by atoms with Crippen molar-refractivity contribution in [2.24, 2.45) is 5.73 Å². The topological polar surface area (TPSA) is 47.0 Å². The van der Waals surface area contributed by atoms with Crippen LogP contribution in [0.2, 0.25) is 5.02 Å². The molecule has 2 aromatic rings. The lowest BCUT2D eigenvalue weighted by Gasteiger charge is -1.99. The predicted molar refractivity (Wildman–Crippen MR) is 65.7 cm³/mol. The molecular weight excluding hydrogens is 271 g/mol. The number of pyridine rings is 1. The Balaban J connectivity index is 0.00000162. The molecule has 0 aliphatic heterocycles. The maximum atomic E-state index is 11.0. The van der Waals surface area contributed by atoms with E-state index in [2.05, 4.69) is 0 Å². The van der Waals surface area contributed by atoms with Gasteiger partial charge in [0.25, 0.3) is 5.91 Å². The van der Waals surface area contributed by atoms with Crippen molar-refractivity contribution in [2.45, 2.75) is 6.54 Å². The summed E-state index contributed by atoms with van der Waals surface area (Å²) in [6.45, 7) is 0.654. The predicted octanol–water partition coefficient (Wildman–Crippen LogP) is -1.22. The lowest BCUT2D eigenvalue weighted by atomic mass is 10.2. The Morgan fingerprint density at radius 3 is 2.72 bits per heavy atom. The van der Waals surface area contributed by atoms with Crippen LogP contribution in [0.15, 0.2) is 48.8 Å². The van der Waals surface area contributed by atoms with Crippen LogP contribution in [0.1, 0.15) is 15.9 Å². The second-order valence-corrected chi connectivity index (χ2v) is 4.20. The van der Waals surface area contributed by atoms with E-state index in [-0.39, 0.29) is 12.4 Å². The number of benzene rings is 1. The van der Waals surface area contributed by atoms with Crippen LogP contribution in [-0.4, -0.2) is 5.91 Å². The van der Waals surface area contributed by atoms with E-state index in [0.29, 0.717) is 17.1 Å². The molecule has 2 rings (SSSR count). The van der Waals surface area contributed by atoms with Crippen LogP contribution in [0.25, 0.3) is 0 Å². The van der Waals surface area contributed by atoms with Gasteiger partial charge in [0.15, 0.2) is 18.9 Å². The Kier molecular flexibility index (Phi) is 5.13. The fourth-order valence-corrected chi connectivity index (χ4v) is 1.83. The summed E-state index contributed by atoms with van der Waals surface area (Å²) in [7, 11) is 0. The van der Waals surface area contributed by atoms with E-state index in [1.165, 1.54) is 0 Å². The zero-order chi connectivity index (χ0) is 12.3. The van der Waals surface area contributed by atoms with E-state index in [1.54, 1.807) is 18.3 Å². The van der Waals surface area contributed by atoms with Crippen molar-refractivity contribution < 1.29 is 21.8 Å². The monoisotopic (exact) mass is 282 g/mol. The van der Waals surface area contributed by atoms with Gasteiger partial charge in [-0.05, 0) is 18.2 Å². The summed E-state index contributed by atoms with van der Waals surface area (Å²) in [5.41, 5.74) is 6.79. The third-order valence-corrected chi connectivity index (χ3v) is 2.63. The first kappa shape index (κ1) is 14.5. The van der Waals surface area contributed by atoms with Gasteiger partial charge in [0.05, 0.1) is 0 Å². The van der Waals surface area contributed by atoms with Gasteiger partial charge >= 0.3 is 0 Å². The fraction of sp³-hybridized carbons (Fsp3) is 0.0769. The Labute approximate surface area is 117 Å². The van der Waals surface area contributed by atoms with Gasteiger partial charge in [0.1, 0.15) is 5.56 Å². The summed E-state index contributed by atoms with van der Waals surface area (Å²) in [6.07, 6.45) is 3.61. The van der Waals surface area contributed by atoms with Gasteiger partial charge in [-0.25, -0.2) is 0 Å². The maximum absolute atomic E-state index is 11.0. The minimum Gasteiger partial charge on any atom is -1.00 e. The van der Waals surface area contributed by atoms with Crippen LogP contribution in [0.5, 0.6) is 0 Å². The minimum absolute atomic E-state index is 0. The molecule has 0 atom stereocenters. The van der Waals surface area contributed by atoms with Crippen LogP contribution < -0.4 is 22.7 Å². The number of halogens is 2. The van der Waals surface area contributed by atoms with Gasteiger partial charge < -0.3 is 18.1 Å². The number of aromatic nitrogens is 1. The molecule has 1 amide bonds. The minimum atomic E-state index is -0.426. The van der Waals surface area contributed by atoms with Crippen molar-refractivity contribution in [1.29, 1.82) is 0 Å². The molecule has 0 unspecified atom stereocenters. The van der Waals surface area contributed by atoms with Crippen LogP contribution in [-0.2, 0) is 6.54 Å². The average Bonchev–Trinajstić information content (AvgIpc) is 2.29. The van der Waals surface area contributed by atoms with Crippen LogP contribution in [0, 0.1) is 0 Å². The smallest absolute Gasteiger partial charge is 0.254 e. The zero-order valence-electron chi connectivity index (χ0n) is 9.51.